The van der Waals surface area contributed by atoms with E-state index < -0.39 is 0 Å². The highest BCUT2D eigenvalue weighted by molar-refractivity contribution is 5.66. The molecule has 0 N–H and O–H groups in total. The van der Waals surface area contributed by atoms with Crippen molar-refractivity contribution in [2.45, 2.75) is 39.0 Å². The summed E-state index contributed by atoms with van der Waals surface area (Å²) in [6, 6.07) is 6.09. The quantitative estimate of drug-likeness (QED) is 0.711. The van der Waals surface area contributed by atoms with Crippen molar-refractivity contribution in [1.82, 2.24) is 0 Å². The fourth-order valence-corrected chi connectivity index (χ4v) is 2.42. The lowest BCUT2D eigenvalue weighted by atomic mass is 9.90. The predicted octanol–water partition coefficient (Wildman–Crippen LogP) is 4.29. The van der Waals surface area contributed by atoms with Crippen LogP contribution in [0.5, 0.6) is 5.75 Å². The van der Waals surface area contributed by atoms with Gasteiger partial charge < -0.3 is 4.74 Å². The first kappa shape index (κ1) is 12.2. The minimum Gasteiger partial charge on any atom is -0.496 e. The standard InChI is InChI=1S/C15H21NO/c1-12-10-14(8-9-15(12)17-2)16-11-13-6-4-3-5-7-13/h8-11,13H,3-7H2,1-2H3. The lowest BCUT2D eigenvalue weighted by Crippen LogP contribution is -2.06. The van der Waals surface area contributed by atoms with Crippen LogP contribution in [0.1, 0.15) is 37.7 Å². The van der Waals surface area contributed by atoms with E-state index in [2.05, 4.69) is 24.2 Å². The highest BCUT2D eigenvalue weighted by Crippen LogP contribution is 2.25. The van der Waals surface area contributed by atoms with Gasteiger partial charge in [-0.1, -0.05) is 19.3 Å². The highest BCUT2D eigenvalue weighted by Gasteiger charge is 2.10. The number of aryl methyl sites for hydroxylation is 1. The van der Waals surface area contributed by atoms with E-state index in [9.17, 15) is 0 Å². The van der Waals surface area contributed by atoms with E-state index in [1.165, 1.54) is 32.1 Å². The second kappa shape index (κ2) is 5.85. The molecule has 1 fully saturated rings. The lowest BCUT2D eigenvalue weighted by Gasteiger charge is -2.16. The van der Waals surface area contributed by atoms with Crippen molar-refractivity contribution in [1.29, 1.82) is 0 Å². The SMILES string of the molecule is COc1ccc(N=CC2CCCCC2)cc1C. The molecule has 0 unspecified atom stereocenters. The largest absolute Gasteiger partial charge is 0.496 e. The third kappa shape index (κ3) is 3.32. The van der Waals surface area contributed by atoms with Gasteiger partial charge in [-0.2, -0.15) is 0 Å². The van der Waals surface area contributed by atoms with E-state index in [1.807, 2.05) is 12.1 Å². The van der Waals surface area contributed by atoms with Crippen LogP contribution in [0.2, 0.25) is 0 Å². The lowest BCUT2D eigenvalue weighted by molar-refractivity contribution is 0.412. The number of ether oxygens (including phenoxy) is 1. The molecule has 0 heterocycles. The molecule has 0 aliphatic heterocycles. The number of hydrogen-bond donors (Lipinski definition) is 0. The normalized spacial score (nSPS) is 17.5. The Labute approximate surface area is 104 Å². The number of benzene rings is 1. The topological polar surface area (TPSA) is 21.6 Å². The number of methoxy groups -OCH3 is 1. The Hall–Kier alpha value is -1.31. The van der Waals surface area contributed by atoms with Gasteiger partial charge in [-0.3, -0.25) is 4.99 Å². The second-order valence-electron chi connectivity index (χ2n) is 4.83. The first-order chi connectivity index (χ1) is 8.29. The van der Waals surface area contributed by atoms with Crippen LogP contribution in [0.25, 0.3) is 0 Å². The zero-order chi connectivity index (χ0) is 12.1. The fraction of sp³-hybridized carbons (Fsp3) is 0.533. The molecule has 1 saturated carbocycles. The summed E-state index contributed by atoms with van der Waals surface area (Å²) in [4.78, 5) is 4.59. The van der Waals surface area contributed by atoms with Crippen LogP contribution in [0.4, 0.5) is 5.69 Å². The van der Waals surface area contributed by atoms with Gasteiger partial charge in [0.05, 0.1) is 12.8 Å². The van der Waals surface area contributed by atoms with Gasteiger partial charge in [-0.05, 0) is 49.4 Å². The van der Waals surface area contributed by atoms with Crippen LogP contribution >= 0.6 is 0 Å². The molecule has 1 aromatic rings. The van der Waals surface area contributed by atoms with Crippen LogP contribution in [-0.4, -0.2) is 13.3 Å². The van der Waals surface area contributed by atoms with Crippen molar-refractivity contribution in [2.75, 3.05) is 7.11 Å². The van der Waals surface area contributed by atoms with Crippen molar-refractivity contribution in [3.05, 3.63) is 23.8 Å². The molecule has 0 amide bonds. The molecule has 0 atom stereocenters. The second-order valence-corrected chi connectivity index (χ2v) is 4.83. The summed E-state index contributed by atoms with van der Waals surface area (Å²) in [5.74, 6) is 1.62. The van der Waals surface area contributed by atoms with Crippen LogP contribution < -0.4 is 4.74 Å². The van der Waals surface area contributed by atoms with E-state index in [0.717, 1.165) is 17.0 Å². The van der Waals surface area contributed by atoms with Crippen LogP contribution in [0.15, 0.2) is 23.2 Å². The molecule has 0 radical (unpaired) electrons. The third-order valence-electron chi connectivity index (χ3n) is 3.46. The Balaban J connectivity index is 2.02. The zero-order valence-corrected chi connectivity index (χ0v) is 10.8. The maximum absolute atomic E-state index is 5.24. The van der Waals surface area contributed by atoms with Gasteiger partial charge in [-0.25, -0.2) is 0 Å². The molecule has 17 heavy (non-hydrogen) atoms. The summed E-state index contributed by atoms with van der Waals surface area (Å²) in [5.41, 5.74) is 2.18. The smallest absolute Gasteiger partial charge is 0.121 e. The Morgan fingerprint density at radius 3 is 2.65 bits per heavy atom. The van der Waals surface area contributed by atoms with Gasteiger partial charge in [0.25, 0.3) is 0 Å². The highest BCUT2D eigenvalue weighted by atomic mass is 16.5. The van der Waals surface area contributed by atoms with Crippen molar-refractivity contribution >= 4 is 11.9 Å². The molecule has 1 aliphatic carbocycles. The summed E-state index contributed by atoms with van der Waals surface area (Å²) < 4.78 is 5.24. The van der Waals surface area contributed by atoms with Crippen molar-refractivity contribution < 1.29 is 4.74 Å². The summed E-state index contributed by atoms with van der Waals surface area (Å²) >= 11 is 0. The summed E-state index contributed by atoms with van der Waals surface area (Å²) in [5, 5.41) is 0. The molecular weight excluding hydrogens is 210 g/mol. The predicted molar refractivity (Wildman–Crippen MR) is 72.5 cm³/mol. The van der Waals surface area contributed by atoms with E-state index in [-0.39, 0.29) is 0 Å². The third-order valence-corrected chi connectivity index (χ3v) is 3.46. The number of aliphatic imine (C=N–C) groups is 1. The van der Waals surface area contributed by atoms with E-state index in [4.69, 9.17) is 4.74 Å². The van der Waals surface area contributed by atoms with Crippen LogP contribution in [0, 0.1) is 12.8 Å². The molecule has 1 aromatic carbocycles. The molecule has 2 rings (SSSR count). The fourth-order valence-electron chi connectivity index (χ4n) is 2.42. The van der Waals surface area contributed by atoms with Gasteiger partial charge in [0.2, 0.25) is 0 Å². The Kier molecular flexibility index (Phi) is 4.18. The van der Waals surface area contributed by atoms with Crippen LogP contribution in [0.3, 0.4) is 0 Å². The summed E-state index contributed by atoms with van der Waals surface area (Å²) in [6.45, 7) is 2.05. The van der Waals surface area contributed by atoms with E-state index >= 15 is 0 Å². The molecule has 0 bridgehead atoms. The Bertz CT molecular complexity index is 392. The molecule has 2 nitrogen and oxygen atoms in total. The molecular formula is C15H21NO. The average molecular weight is 231 g/mol. The minimum absolute atomic E-state index is 0.686. The zero-order valence-electron chi connectivity index (χ0n) is 10.8. The maximum atomic E-state index is 5.24. The van der Waals surface area contributed by atoms with Gasteiger partial charge in [0.1, 0.15) is 5.75 Å². The van der Waals surface area contributed by atoms with Gasteiger partial charge in [0, 0.05) is 6.21 Å². The minimum atomic E-state index is 0.686. The maximum Gasteiger partial charge on any atom is 0.121 e. The molecule has 0 spiro atoms. The van der Waals surface area contributed by atoms with Gasteiger partial charge in [-0.15, -0.1) is 0 Å². The molecule has 92 valence electrons. The Morgan fingerprint density at radius 2 is 2.00 bits per heavy atom. The first-order valence-electron chi connectivity index (χ1n) is 6.48. The number of nitrogens with zero attached hydrogens (tertiary/aromatic N) is 1. The van der Waals surface area contributed by atoms with Gasteiger partial charge >= 0.3 is 0 Å². The average Bonchev–Trinajstić information content (AvgIpc) is 2.38. The molecule has 1 aliphatic rings. The summed E-state index contributed by atoms with van der Waals surface area (Å²) in [7, 11) is 1.70. The van der Waals surface area contributed by atoms with Crippen molar-refractivity contribution in [3.63, 3.8) is 0 Å². The molecule has 0 aromatic heterocycles. The Morgan fingerprint density at radius 1 is 1.24 bits per heavy atom. The van der Waals surface area contributed by atoms with Gasteiger partial charge in [0.15, 0.2) is 0 Å². The van der Waals surface area contributed by atoms with Crippen LogP contribution in [-0.2, 0) is 0 Å². The number of rotatable bonds is 3. The molecule has 0 saturated heterocycles. The summed E-state index contributed by atoms with van der Waals surface area (Å²) in [6.07, 6.45) is 8.86. The first-order valence-corrected chi connectivity index (χ1v) is 6.48. The van der Waals surface area contributed by atoms with E-state index in [0.29, 0.717) is 5.92 Å². The molecule has 2 heteroatoms. The van der Waals surface area contributed by atoms with E-state index in [1.54, 1.807) is 7.11 Å². The van der Waals surface area contributed by atoms with Crippen molar-refractivity contribution in [2.24, 2.45) is 10.9 Å². The monoisotopic (exact) mass is 231 g/mol. The number of hydrogen-bond acceptors (Lipinski definition) is 2. The van der Waals surface area contributed by atoms with Crippen molar-refractivity contribution in [3.8, 4) is 5.75 Å².